The van der Waals surface area contributed by atoms with Crippen LogP contribution >= 0.6 is 23.2 Å². The van der Waals surface area contributed by atoms with Gasteiger partial charge in [-0.2, -0.15) is 0 Å². The lowest BCUT2D eigenvalue weighted by atomic mass is 9.81. The van der Waals surface area contributed by atoms with Crippen molar-refractivity contribution >= 4 is 52.4 Å². The molecule has 12 nitrogen and oxygen atoms in total. The van der Waals surface area contributed by atoms with E-state index in [4.69, 9.17) is 28.2 Å². The summed E-state index contributed by atoms with van der Waals surface area (Å²) >= 11 is 13.9. The van der Waals surface area contributed by atoms with Crippen LogP contribution in [0.3, 0.4) is 0 Å². The third kappa shape index (κ3) is 5.89. The molecule has 2 amide bonds. The molecule has 2 aromatic heterocycles. The van der Waals surface area contributed by atoms with Crippen LogP contribution < -0.4 is 10.6 Å². The molecule has 2 aliphatic heterocycles. The summed E-state index contributed by atoms with van der Waals surface area (Å²) < 4.78 is 3.71. The minimum atomic E-state index is -0.647. The van der Waals surface area contributed by atoms with Crippen molar-refractivity contribution in [3.05, 3.63) is 80.9 Å². The Morgan fingerprint density at radius 3 is 1.81 bits per heavy atom. The fourth-order valence-corrected chi connectivity index (χ4v) is 9.67. The number of carbonyl (C=O) groups is 3. The molecule has 52 heavy (non-hydrogen) atoms. The number of amides is 2. The summed E-state index contributed by atoms with van der Waals surface area (Å²) in [5, 5.41) is 16.4. The Kier molecular flexibility index (Phi) is 8.72. The van der Waals surface area contributed by atoms with E-state index in [1.165, 1.54) is 0 Å². The smallest absolute Gasteiger partial charge is 0.309 e. The van der Waals surface area contributed by atoms with E-state index in [9.17, 15) is 19.5 Å². The van der Waals surface area contributed by atoms with E-state index in [-0.39, 0.29) is 17.2 Å². The predicted octanol–water partition coefficient (Wildman–Crippen LogP) is 6.01. The number of halogens is 2. The Hall–Kier alpha value is -4.23. The summed E-state index contributed by atoms with van der Waals surface area (Å²) in [6, 6.07) is 10.7. The molecule has 272 valence electrons. The fourth-order valence-electron chi connectivity index (χ4n) is 9.12. The van der Waals surface area contributed by atoms with Gasteiger partial charge in [-0.3, -0.25) is 19.3 Å². The lowest BCUT2D eigenvalue weighted by molar-refractivity contribution is -0.148. The van der Waals surface area contributed by atoms with Crippen LogP contribution in [0, 0.1) is 10.8 Å². The van der Waals surface area contributed by atoms with E-state index < -0.39 is 11.4 Å². The Labute approximate surface area is 312 Å². The molecule has 3 N–H and O–H groups in total. The maximum atomic E-state index is 13.7. The maximum Gasteiger partial charge on any atom is 0.309 e. The number of aromatic nitrogens is 4. The predicted molar refractivity (Wildman–Crippen MR) is 199 cm³/mol. The van der Waals surface area contributed by atoms with Crippen LogP contribution in [0.5, 0.6) is 0 Å². The van der Waals surface area contributed by atoms with Gasteiger partial charge in [0.15, 0.2) is 11.6 Å². The number of likely N-dealkylation sites (N-methyl/N-ethyl adjacent to an activating group) is 1. The highest BCUT2D eigenvalue weighted by molar-refractivity contribution is 6.40. The number of nitrogens with zero attached hydrogens (tertiary/aromatic N) is 6. The molecule has 0 saturated heterocycles. The molecule has 2 aromatic carbocycles. The first-order valence-corrected chi connectivity index (χ1v) is 18.6. The van der Waals surface area contributed by atoms with Gasteiger partial charge in [-0.05, 0) is 56.7 Å². The number of benzene rings is 2. The SMILES string of the molecule is CN1CCc2c(nc(C(=O)Nc3cccc(-c4cccc(NC(=O)c5nc6c(n5C)CCN(CC57CCC(C(=O)O)(CC5)C7)C6)c4Cl)c3Cl)n2C)C1. The summed E-state index contributed by atoms with van der Waals surface area (Å²) in [5.41, 5.74) is 5.39. The lowest BCUT2D eigenvalue weighted by Crippen LogP contribution is -2.39. The van der Waals surface area contributed by atoms with Gasteiger partial charge in [0.05, 0.1) is 38.2 Å². The monoisotopic (exact) mass is 744 g/mol. The number of anilines is 2. The highest BCUT2D eigenvalue weighted by Gasteiger charge is 2.58. The van der Waals surface area contributed by atoms with Gasteiger partial charge in [0, 0.05) is 82.2 Å². The fraction of sp³-hybridized carbons (Fsp3) is 0.447. The van der Waals surface area contributed by atoms with Crippen molar-refractivity contribution in [2.75, 3.05) is 37.3 Å². The zero-order chi connectivity index (χ0) is 36.5. The van der Waals surface area contributed by atoms with Crippen LogP contribution in [0.4, 0.5) is 11.4 Å². The van der Waals surface area contributed by atoms with Crippen molar-refractivity contribution < 1.29 is 19.5 Å². The molecule has 14 heteroatoms. The van der Waals surface area contributed by atoms with Crippen LogP contribution in [-0.2, 0) is 44.8 Å². The number of carboxylic acids is 1. The number of fused-ring (bicyclic) bond motifs is 4. The van der Waals surface area contributed by atoms with Gasteiger partial charge in [0.2, 0.25) is 0 Å². The summed E-state index contributed by atoms with van der Waals surface area (Å²) in [4.78, 5) is 53.1. The van der Waals surface area contributed by atoms with Crippen LogP contribution in [0.15, 0.2) is 36.4 Å². The Morgan fingerprint density at radius 2 is 1.29 bits per heavy atom. The number of aliphatic carboxylic acids is 1. The summed E-state index contributed by atoms with van der Waals surface area (Å²) in [7, 11) is 5.76. The molecule has 0 atom stereocenters. The molecule has 2 saturated carbocycles. The highest BCUT2D eigenvalue weighted by atomic mass is 35.5. The molecular weight excluding hydrogens is 703 g/mol. The van der Waals surface area contributed by atoms with E-state index in [2.05, 4.69) is 25.4 Å². The third-order valence-electron chi connectivity index (χ3n) is 12.0. The van der Waals surface area contributed by atoms with Gasteiger partial charge in [0.25, 0.3) is 11.8 Å². The van der Waals surface area contributed by atoms with Crippen molar-refractivity contribution in [2.24, 2.45) is 24.9 Å². The van der Waals surface area contributed by atoms with Gasteiger partial charge in [-0.25, -0.2) is 9.97 Å². The van der Waals surface area contributed by atoms with Crippen molar-refractivity contribution in [1.29, 1.82) is 0 Å². The van der Waals surface area contributed by atoms with E-state index in [1.807, 2.05) is 42.4 Å². The molecule has 2 aliphatic carbocycles. The molecule has 4 heterocycles. The van der Waals surface area contributed by atoms with Crippen molar-refractivity contribution in [1.82, 2.24) is 28.9 Å². The molecule has 4 aliphatic rings. The number of hydrogen-bond donors (Lipinski definition) is 3. The molecule has 8 rings (SSSR count). The molecule has 4 aromatic rings. The van der Waals surface area contributed by atoms with Crippen LogP contribution in [0.25, 0.3) is 11.1 Å². The second-order valence-corrected chi connectivity index (χ2v) is 16.0. The van der Waals surface area contributed by atoms with Crippen LogP contribution in [0.1, 0.15) is 76.1 Å². The first kappa shape index (κ1) is 34.8. The molecule has 0 spiro atoms. The second kappa shape index (κ2) is 13.0. The largest absolute Gasteiger partial charge is 0.481 e. The van der Waals surface area contributed by atoms with Gasteiger partial charge in [-0.15, -0.1) is 0 Å². The van der Waals surface area contributed by atoms with E-state index in [1.54, 1.807) is 24.3 Å². The number of carbonyl (C=O) groups excluding carboxylic acids is 2. The molecule has 0 unspecified atom stereocenters. The van der Waals surface area contributed by atoms with E-state index in [0.29, 0.717) is 57.3 Å². The average Bonchev–Trinajstić information content (AvgIpc) is 3.86. The summed E-state index contributed by atoms with van der Waals surface area (Å²) in [6.07, 6.45) is 5.76. The molecular formula is C38H42Cl2N8O4. The highest BCUT2D eigenvalue weighted by Crippen LogP contribution is 2.62. The summed E-state index contributed by atoms with van der Waals surface area (Å²) in [5.74, 6) is -0.768. The minimum absolute atomic E-state index is 0.0522. The molecule has 0 radical (unpaired) electrons. The summed E-state index contributed by atoms with van der Waals surface area (Å²) in [6.45, 7) is 3.92. The molecule has 2 fully saturated rings. The first-order valence-electron chi connectivity index (χ1n) is 17.8. The van der Waals surface area contributed by atoms with Crippen molar-refractivity contribution in [2.45, 2.75) is 58.0 Å². The third-order valence-corrected chi connectivity index (χ3v) is 12.8. The Bertz CT molecular complexity index is 2130. The number of hydrogen-bond acceptors (Lipinski definition) is 7. The van der Waals surface area contributed by atoms with Crippen molar-refractivity contribution in [3.63, 3.8) is 0 Å². The van der Waals surface area contributed by atoms with Gasteiger partial charge < -0.3 is 29.8 Å². The number of carboxylic acid groups (broad SMARTS) is 1. The van der Waals surface area contributed by atoms with Crippen molar-refractivity contribution in [3.8, 4) is 11.1 Å². The normalized spacial score (nSPS) is 22.6. The van der Waals surface area contributed by atoms with E-state index >= 15 is 0 Å². The minimum Gasteiger partial charge on any atom is -0.481 e. The number of rotatable bonds is 8. The van der Waals surface area contributed by atoms with Crippen LogP contribution in [0.2, 0.25) is 10.0 Å². The van der Waals surface area contributed by atoms with Gasteiger partial charge >= 0.3 is 5.97 Å². The second-order valence-electron chi connectivity index (χ2n) is 15.2. The Morgan fingerprint density at radius 1 is 0.769 bits per heavy atom. The van der Waals surface area contributed by atoms with Crippen LogP contribution in [-0.4, -0.2) is 78.5 Å². The molecule has 2 bridgehead atoms. The van der Waals surface area contributed by atoms with Gasteiger partial charge in [-0.1, -0.05) is 47.5 Å². The number of imidazole rings is 2. The average molecular weight is 746 g/mol. The Balaban J connectivity index is 0.973. The van der Waals surface area contributed by atoms with E-state index in [0.717, 1.165) is 87.4 Å². The first-order chi connectivity index (χ1) is 24.9. The quantitative estimate of drug-likeness (QED) is 0.200. The topological polar surface area (TPSA) is 138 Å². The zero-order valence-corrected chi connectivity index (χ0v) is 31.1. The lowest BCUT2D eigenvalue weighted by Gasteiger charge is -2.35. The number of nitrogens with one attached hydrogen (secondary N) is 2. The van der Waals surface area contributed by atoms with Gasteiger partial charge in [0.1, 0.15) is 0 Å². The zero-order valence-electron chi connectivity index (χ0n) is 29.6. The standard InChI is InChI=1S/C38H42Cl2N8O4/c1-45-16-10-28-26(18-45)41-32(46(28)2)34(49)43-24-8-4-6-22(30(24)39)23-7-5-9-25(31(23)40)44-35(50)33-42-27-19-48(17-11-29(27)47(33)3)21-37-12-14-38(20-37,15-13-37)36(51)52/h4-9H,10-21H2,1-3H3,(H,43,49)(H,44,50)(H,51,52). The maximum absolute atomic E-state index is 13.7.